The van der Waals surface area contributed by atoms with Crippen LogP contribution < -0.4 is 4.74 Å². The zero-order chi connectivity index (χ0) is 13.1. The minimum absolute atomic E-state index is 0.545. The molecule has 1 aliphatic carbocycles. The highest BCUT2D eigenvalue weighted by atomic mass is 16.5. The molecule has 3 heteroatoms. The van der Waals surface area contributed by atoms with Gasteiger partial charge in [0.2, 0.25) is 5.88 Å². The van der Waals surface area contributed by atoms with Crippen molar-refractivity contribution in [1.82, 2.24) is 4.98 Å². The number of hydrogen-bond acceptors (Lipinski definition) is 3. The van der Waals surface area contributed by atoms with Crippen LogP contribution in [0.4, 0.5) is 0 Å². The van der Waals surface area contributed by atoms with Gasteiger partial charge >= 0.3 is 0 Å². The van der Waals surface area contributed by atoms with Crippen molar-refractivity contribution >= 4 is 16.8 Å². The van der Waals surface area contributed by atoms with Crippen molar-refractivity contribution in [2.75, 3.05) is 0 Å². The minimum atomic E-state index is 0.545. The van der Waals surface area contributed by atoms with Gasteiger partial charge < -0.3 is 4.74 Å². The van der Waals surface area contributed by atoms with E-state index >= 15 is 0 Å². The Kier molecular flexibility index (Phi) is 2.97. The first kappa shape index (κ1) is 11.5. The molecule has 0 radical (unpaired) electrons. The van der Waals surface area contributed by atoms with Crippen LogP contribution in [0.1, 0.15) is 6.42 Å². The second kappa shape index (κ2) is 4.92. The second-order valence-corrected chi connectivity index (χ2v) is 4.22. The first-order valence-electron chi connectivity index (χ1n) is 6.01. The molecule has 1 aromatic heterocycles. The Morgan fingerprint density at radius 3 is 2.79 bits per heavy atom. The van der Waals surface area contributed by atoms with Gasteiger partial charge in [-0.05, 0) is 30.4 Å². The van der Waals surface area contributed by atoms with E-state index in [0.29, 0.717) is 23.6 Å². The highest BCUT2D eigenvalue weighted by Crippen LogP contribution is 2.20. The van der Waals surface area contributed by atoms with E-state index in [4.69, 9.17) is 4.74 Å². The van der Waals surface area contributed by atoms with E-state index in [1.165, 1.54) is 0 Å². The van der Waals surface area contributed by atoms with Crippen LogP contribution in [0.15, 0.2) is 66.0 Å². The van der Waals surface area contributed by atoms with Gasteiger partial charge in [-0.1, -0.05) is 18.2 Å². The van der Waals surface area contributed by atoms with Crippen molar-refractivity contribution in [2.45, 2.75) is 6.42 Å². The number of hydrogen-bond donors (Lipinski definition) is 0. The van der Waals surface area contributed by atoms with E-state index in [1.54, 1.807) is 12.2 Å². The summed E-state index contributed by atoms with van der Waals surface area (Å²) in [5, 5.41) is 1.08. The zero-order valence-corrected chi connectivity index (χ0v) is 10.2. The van der Waals surface area contributed by atoms with Crippen molar-refractivity contribution in [3.05, 3.63) is 66.0 Å². The number of para-hydroxylation sites is 1. The van der Waals surface area contributed by atoms with Crippen LogP contribution in [0.2, 0.25) is 0 Å². The molecule has 0 bridgehead atoms. The van der Waals surface area contributed by atoms with Gasteiger partial charge in [0.25, 0.3) is 0 Å². The molecule has 0 saturated heterocycles. The molecular formula is C16H11NO2. The number of rotatable bonds is 2. The van der Waals surface area contributed by atoms with Crippen LogP contribution >= 0.6 is 0 Å². The summed E-state index contributed by atoms with van der Waals surface area (Å²) in [6, 6.07) is 11.7. The van der Waals surface area contributed by atoms with Crippen LogP contribution in [0.25, 0.3) is 10.9 Å². The van der Waals surface area contributed by atoms with E-state index in [2.05, 4.69) is 4.98 Å². The number of ether oxygens (including phenoxy) is 1. The summed E-state index contributed by atoms with van der Waals surface area (Å²) in [7, 11) is 0. The Morgan fingerprint density at radius 2 is 2.00 bits per heavy atom. The summed E-state index contributed by atoms with van der Waals surface area (Å²) in [4.78, 5) is 14.9. The molecule has 1 aromatic carbocycles. The third-order valence-electron chi connectivity index (χ3n) is 2.90. The van der Waals surface area contributed by atoms with Crippen LogP contribution in [0, 0.1) is 0 Å². The van der Waals surface area contributed by atoms with Crippen molar-refractivity contribution in [1.29, 1.82) is 0 Å². The molecule has 3 nitrogen and oxygen atoms in total. The SMILES string of the molecule is O=C=C1C=CC(Oc2ccc3ccccc3n2)=CC1. The molecule has 0 N–H and O–H groups in total. The number of benzene rings is 1. The van der Waals surface area contributed by atoms with Crippen molar-refractivity contribution in [2.24, 2.45) is 0 Å². The molecule has 0 fully saturated rings. The maximum atomic E-state index is 10.5. The lowest BCUT2D eigenvalue weighted by Crippen LogP contribution is -1.98. The lowest BCUT2D eigenvalue weighted by atomic mass is 10.1. The average Bonchev–Trinajstić information content (AvgIpc) is 2.48. The van der Waals surface area contributed by atoms with Crippen LogP contribution in [-0.4, -0.2) is 10.9 Å². The summed E-state index contributed by atoms with van der Waals surface area (Å²) in [5.74, 6) is 3.12. The summed E-state index contributed by atoms with van der Waals surface area (Å²) >= 11 is 0. The van der Waals surface area contributed by atoms with Gasteiger partial charge in [0.1, 0.15) is 11.7 Å². The predicted molar refractivity (Wildman–Crippen MR) is 73.4 cm³/mol. The quantitative estimate of drug-likeness (QED) is 0.767. The van der Waals surface area contributed by atoms with Gasteiger partial charge in [0, 0.05) is 23.4 Å². The van der Waals surface area contributed by atoms with Crippen molar-refractivity contribution < 1.29 is 9.53 Å². The number of carbonyl (C=O) groups excluding carboxylic acids is 1. The van der Waals surface area contributed by atoms with Crippen LogP contribution in [0.5, 0.6) is 5.88 Å². The summed E-state index contributed by atoms with van der Waals surface area (Å²) in [5.41, 5.74) is 1.52. The molecule has 0 aliphatic heterocycles. The Morgan fingerprint density at radius 1 is 1.11 bits per heavy atom. The second-order valence-electron chi connectivity index (χ2n) is 4.22. The van der Waals surface area contributed by atoms with Gasteiger partial charge in [-0.25, -0.2) is 9.78 Å². The lowest BCUT2D eigenvalue weighted by Gasteiger charge is -2.09. The molecular weight excluding hydrogens is 238 g/mol. The standard InChI is InChI=1S/C16H11NO2/c18-11-12-5-8-14(9-6-12)19-16-10-7-13-3-1-2-4-15(13)17-16/h1-5,7-10H,6H2. The van der Waals surface area contributed by atoms with Gasteiger partial charge in [-0.3, -0.25) is 0 Å². The fraction of sp³-hybridized carbons (Fsp3) is 0.0625. The number of nitrogens with zero attached hydrogens (tertiary/aromatic N) is 1. The zero-order valence-electron chi connectivity index (χ0n) is 10.2. The smallest absolute Gasteiger partial charge is 0.219 e. The normalized spacial score (nSPS) is 14.1. The minimum Gasteiger partial charge on any atom is -0.439 e. The van der Waals surface area contributed by atoms with Crippen LogP contribution in [-0.2, 0) is 4.79 Å². The van der Waals surface area contributed by atoms with E-state index in [-0.39, 0.29) is 0 Å². The van der Waals surface area contributed by atoms with E-state index < -0.39 is 0 Å². The summed E-state index contributed by atoms with van der Waals surface area (Å²) < 4.78 is 5.68. The molecule has 0 spiro atoms. The van der Waals surface area contributed by atoms with Crippen LogP contribution in [0.3, 0.4) is 0 Å². The summed E-state index contributed by atoms with van der Waals surface area (Å²) in [6.45, 7) is 0. The maximum absolute atomic E-state index is 10.5. The highest BCUT2D eigenvalue weighted by Gasteiger charge is 2.05. The lowest BCUT2D eigenvalue weighted by molar-refractivity contribution is 0.425. The van der Waals surface area contributed by atoms with Crippen molar-refractivity contribution in [3.63, 3.8) is 0 Å². The monoisotopic (exact) mass is 249 g/mol. The molecule has 19 heavy (non-hydrogen) atoms. The fourth-order valence-electron chi connectivity index (χ4n) is 1.91. The fourth-order valence-corrected chi connectivity index (χ4v) is 1.91. The number of pyridine rings is 1. The molecule has 1 heterocycles. The average molecular weight is 249 g/mol. The molecule has 0 amide bonds. The van der Waals surface area contributed by atoms with Gasteiger partial charge in [-0.2, -0.15) is 0 Å². The molecule has 0 saturated carbocycles. The van der Waals surface area contributed by atoms with Crippen molar-refractivity contribution in [3.8, 4) is 5.88 Å². The Balaban J connectivity index is 1.84. The number of aromatic nitrogens is 1. The molecule has 3 rings (SSSR count). The number of allylic oxidation sites excluding steroid dienone is 4. The third-order valence-corrected chi connectivity index (χ3v) is 2.90. The van der Waals surface area contributed by atoms with E-state index in [1.807, 2.05) is 48.4 Å². The van der Waals surface area contributed by atoms with E-state index in [0.717, 1.165) is 10.9 Å². The molecule has 2 aromatic rings. The molecule has 92 valence electrons. The predicted octanol–water partition coefficient (Wildman–Crippen LogP) is 3.22. The molecule has 1 aliphatic rings. The molecule has 0 unspecified atom stereocenters. The topological polar surface area (TPSA) is 39.2 Å². The third kappa shape index (κ3) is 2.46. The highest BCUT2D eigenvalue weighted by molar-refractivity contribution is 5.78. The number of fused-ring (bicyclic) bond motifs is 1. The van der Waals surface area contributed by atoms with E-state index in [9.17, 15) is 4.79 Å². The first-order chi connectivity index (χ1) is 9.35. The maximum Gasteiger partial charge on any atom is 0.219 e. The van der Waals surface area contributed by atoms with Gasteiger partial charge in [0.05, 0.1) is 5.52 Å². The molecule has 0 atom stereocenters. The Bertz CT molecular complexity index is 737. The Labute approximate surface area is 110 Å². The van der Waals surface area contributed by atoms with Gasteiger partial charge in [-0.15, -0.1) is 0 Å². The largest absolute Gasteiger partial charge is 0.439 e. The van der Waals surface area contributed by atoms with Gasteiger partial charge in [0.15, 0.2) is 0 Å². The Hall–Kier alpha value is -2.64. The summed E-state index contributed by atoms with van der Waals surface area (Å²) in [6.07, 6.45) is 5.85. The first-order valence-corrected chi connectivity index (χ1v) is 6.01.